The SMILES string of the molecule is CCCS(=O)(=O)Nc1cccc(-c2nc(C3CCN(CC4CCN(C(=O)C5CCN(c6ccc([C@@H]7CCC(=O)NC7=O)cn6)CC5)CC4)CC3)sc2-c2ccnc(N)n2)c1F. The maximum absolute atomic E-state index is 16.1. The Morgan fingerprint density at radius 2 is 1.72 bits per heavy atom. The first-order chi connectivity index (χ1) is 29.4. The maximum atomic E-state index is 16.1. The van der Waals surface area contributed by atoms with Crippen molar-refractivity contribution in [3.8, 4) is 21.8 Å². The fourth-order valence-electron chi connectivity index (χ4n) is 9.13. The van der Waals surface area contributed by atoms with Gasteiger partial charge in [-0.05, 0) is 100 Å². The van der Waals surface area contributed by atoms with Gasteiger partial charge < -0.3 is 20.4 Å². The number of thiazole rings is 1. The summed E-state index contributed by atoms with van der Waals surface area (Å²) in [6, 6.07) is 10.2. The van der Waals surface area contributed by atoms with Gasteiger partial charge in [-0.3, -0.25) is 24.4 Å². The van der Waals surface area contributed by atoms with Gasteiger partial charge in [-0.15, -0.1) is 11.3 Å². The first kappa shape index (κ1) is 42.6. The van der Waals surface area contributed by atoms with Crippen LogP contribution in [0.15, 0.2) is 48.8 Å². The minimum Gasteiger partial charge on any atom is -0.368 e. The van der Waals surface area contributed by atoms with Crippen LogP contribution in [0, 0.1) is 17.7 Å². The topological polar surface area (TPSA) is 197 Å². The van der Waals surface area contributed by atoms with Crippen molar-refractivity contribution in [2.45, 2.75) is 76.5 Å². The van der Waals surface area contributed by atoms with Crippen LogP contribution in [0.4, 0.5) is 21.8 Å². The second-order valence-corrected chi connectivity index (χ2v) is 19.5. The number of nitrogens with one attached hydrogen (secondary N) is 2. The van der Waals surface area contributed by atoms with Crippen LogP contribution in [0.5, 0.6) is 0 Å². The second-order valence-electron chi connectivity index (χ2n) is 16.7. The molecule has 0 bridgehead atoms. The quantitative estimate of drug-likeness (QED) is 0.154. The van der Waals surface area contributed by atoms with Crippen LogP contribution in [0.1, 0.15) is 87.1 Å². The summed E-state index contributed by atoms with van der Waals surface area (Å²) in [5.41, 5.74) is 7.76. The number of amides is 3. The van der Waals surface area contributed by atoms with Crippen LogP contribution in [-0.2, 0) is 24.4 Å². The van der Waals surface area contributed by atoms with Crippen LogP contribution in [0.25, 0.3) is 21.8 Å². The molecule has 7 heterocycles. The largest absolute Gasteiger partial charge is 0.368 e. The van der Waals surface area contributed by atoms with Crippen molar-refractivity contribution in [3.05, 3.63) is 65.2 Å². The number of pyridine rings is 1. The first-order valence-corrected chi connectivity index (χ1v) is 23.9. The van der Waals surface area contributed by atoms with Crippen LogP contribution in [0.3, 0.4) is 0 Å². The molecule has 4 saturated heterocycles. The number of benzene rings is 1. The molecule has 1 atom stereocenters. The number of imide groups is 1. The molecule has 0 spiro atoms. The van der Waals surface area contributed by atoms with Gasteiger partial charge in [-0.2, -0.15) is 0 Å². The molecule has 0 radical (unpaired) electrons. The number of nitrogens with zero attached hydrogens (tertiary/aromatic N) is 7. The highest BCUT2D eigenvalue weighted by molar-refractivity contribution is 7.92. The number of nitrogen functional groups attached to an aromatic ring is 1. The van der Waals surface area contributed by atoms with Gasteiger partial charge in [0.15, 0.2) is 5.82 Å². The minimum atomic E-state index is -3.71. The summed E-state index contributed by atoms with van der Waals surface area (Å²) in [5, 5.41) is 3.30. The Balaban J connectivity index is 0.826. The number of carbonyl (C=O) groups excluding carboxylic acids is 3. The van der Waals surface area contributed by atoms with Crippen molar-refractivity contribution >= 4 is 56.5 Å². The monoisotopic (exact) mass is 872 g/mol. The number of carbonyl (C=O) groups is 3. The van der Waals surface area contributed by atoms with E-state index in [9.17, 15) is 22.8 Å². The van der Waals surface area contributed by atoms with E-state index in [0.717, 1.165) is 101 Å². The number of hydrogen-bond acceptors (Lipinski definition) is 13. The average molecular weight is 873 g/mol. The Morgan fingerprint density at radius 1 is 0.951 bits per heavy atom. The van der Waals surface area contributed by atoms with Gasteiger partial charge in [0.2, 0.25) is 33.7 Å². The zero-order valence-electron chi connectivity index (χ0n) is 34.4. The number of piperidine rings is 4. The number of nitrogens with two attached hydrogens (primary N) is 1. The molecule has 8 rings (SSSR count). The summed E-state index contributed by atoms with van der Waals surface area (Å²) in [7, 11) is -3.71. The van der Waals surface area contributed by atoms with E-state index in [4.69, 9.17) is 10.7 Å². The molecule has 4 aliphatic heterocycles. The molecule has 4 aromatic rings. The predicted octanol–water partition coefficient (Wildman–Crippen LogP) is 5.39. The van der Waals surface area contributed by atoms with Crippen LogP contribution >= 0.6 is 11.3 Å². The van der Waals surface area contributed by atoms with Gasteiger partial charge in [0.25, 0.3) is 0 Å². The number of sulfonamides is 1. The lowest BCUT2D eigenvalue weighted by molar-refractivity contribution is -0.138. The third kappa shape index (κ3) is 9.86. The summed E-state index contributed by atoms with van der Waals surface area (Å²) in [4.78, 5) is 63.0. The number of aromatic nitrogens is 4. The molecule has 0 saturated carbocycles. The summed E-state index contributed by atoms with van der Waals surface area (Å²) in [6.45, 7) is 7.61. The second kappa shape index (κ2) is 18.5. The van der Waals surface area contributed by atoms with Crippen molar-refractivity contribution in [2.75, 3.05) is 66.9 Å². The van der Waals surface area contributed by atoms with E-state index in [1.54, 1.807) is 37.5 Å². The Labute approximate surface area is 359 Å². The molecule has 4 aliphatic rings. The van der Waals surface area contributed by atoms with Gasteiger partial charge in [-0.1, -0.05) is 19.1 Å². The first-order valence-electron chi connectivity index (χ1n) is 21.4. The summed E-state index contributed by atoms with van der Waals surface area (Å²) in [5.74, 6) is 0.227. The van der Waals surface area contributed by atoms with Gasteiger partial charge in [-0.25, -0.2) is 32.7 Å². The standard InChI is InChI=1S/C43H53FN10O5S2/c1-2-24-61(58,59)51-33-5-3-4-32(37(33)44)38-39(34-10-17-46-43(45)48-34)60-41(50-38)28-13-18-52(19-14-28)26-27-11-20-54(21-12-27)42(57)29-15-22-53(23-16-29)35-8-6-30(25-47-35)31-7-9-36(55)49-40(31)56/h3-6,8,10,17,25,27-29,31,51H,2,7,9,11-16,18-24,26H2,1H3,(H2,45,46,48)(H,49,55,56)/t31-/m0/s1. The third-order valence-corrected chi connectivity index (χ3v) is 15.2. The molecule has 1 aromatic carbocycles. The van der Waals surface area contributed by atoms with Crippen LogP contribution < -0.4 is 20.7 Å². The number of hydrogen-bond donors (Lipinski definition) is 3. The lowest BCUT2D eigenvalue weighted by atomic mass is 9.90. The zero-order chi connectivity index (χ0) is 42.7. The van der Waals surface area contributed by atoms with Gasteiger partial charge in [0.1, 0.15) is 5.82 Å². The lowest BCUT2D eigenvalue weighted by Crippen LogP contribution is -2.47. The van der Waals surface area contributed by atoms with Crippen molar-refractivity contribution in [2.24, 2.45) is 11.8 Å². The zero-order valence-corrected chi connectivity index (χ0v) is 36.0. The molecule has 0 aliphatic carbocycles. The Hall–Kier alpha value is -5.07. The number of likely N-dealkylation sites (tertiary alicyclic amines) is 2. The van der Waals surface area contributed by atoms with E-state index in [-0.39, 0.29) is 58.4 Å². The molecule has 18 heteroatoms. The molecule has 0 unspecified atom stereocenters. The summed E-state index contributed by atoms with van der Waals surface area (Å²) >= 11 is 1.47. The number of halogens is 1. The third-order valence-electron chi connectivity index (χ3n) is 12.5. The normalized spacial score (nSPS) is 20.2. The van der Waals surface area contributed by atoms with Crippen molar-refractivity contribution in [1.82, 2.24) is 35.1 Å². The van der Waals surface area contributed by atoms with Gasteiger partial charge in [0.05, 0.1) is 38.6 Å². The molecule has 4 fully saturated rings. The fourth-order valence-corrected chi connectivity index (χ4v) is 11.5. The van der Waals surface area contributed by atoms with E-state index in [1.165, 1.54) is 17.4 Å². The molecule has 61 heavy (non-hydrogen) atoms. The molecule has 15 nitrogen and oxygen atoms in total. The molecule has 4 N–H and O–H groups in total. The van der Waals surface area contributed by atoms with E-state index in [1.807, 2.05) is 12.1 Å². The average Bonchev–Trinajstić information content (AvgIpc) is 3.70. The molecular formula is C43H53FN10O5S2. The Kier molecular flexibility index (Phi) is 12.9. The predicted molar refractivity (Wildman–Crippen MR) is 233 cm³/mol. The molecule has 3 amide bonds. The van der Waals surface area contributed by atoms with E-state index in [0.29, 0.717) is 41.4 Å². The van der Waals surface area contributed by atoms with Crippen LogP contribution in [-0.4, -0.2) is 107 Å². The minimum absolute atomic E-state index is 0.00667. The van der Waals surface area contributed by atoms with E-state index < -0.39 is 15.8 Å². The lowest BCUT2D eigenvalue weighted by Gasteiger charge is -2.39. The van der Waals surface area contributed by atoms with Crippen molar-refractivity contribution in [1.29, 1.82) is 0 Å². The number of rotatable bonds is 12. The van der Waals surface area contributed by atoms with Crippen molar-refractivity contribution < 1.29 is 27.2 Å². The van der Waals surface area contributed by atoms with E-state index >= 15 is 4.39 Å². The highest BCUT2D eigenvalue weighted by Crippen LogP contribution is 2.43. The molecular weight excluding hydrogens is 820 g/mol. The highest BCUT2D eigenvalue weighted by Gasteiger charge is 2.34. The van der Waals surface area contributed by atoms with Crippen molar-refractivity contribution in [3.63, 3.8) is 0 Å². The number of anilines is 3. The van der Waals surface area contributed by atoms with E-state index in [2.05, 4.69) is 39.7 Å². The Bertz CT molecular complexity index is 2340. The molecule has 3 aromatic heterocycles. The highest BCUT2D eigenvalue weighted by atomic mass is 32.2. The van der Waals surface area contributed by atoms with Crippen LogP contribution in [0.2, 0.25) is 0 Å². The molecule has 324 valence electrons. The van der Waals surface area contributed by atoms with Gasteiger partial charge >= 0.3 is 0 Å². The smallest absolute Gasteiger partial charge is 0.234 e. The Morgan fingerprint density at radius 3 is 2.41 bits per heavy atom. The summed E-state index contributed by atoms with van der Waals surface area (Å²) in [6.07, 6.45) is 9.84. The summed E-state index contributed by atoms with van der Waals surface area (Å²) < 4.78 is 43.5. The fraction of sp³-hybridized carbons (Fsp3) is 0.512. The maximum Gasteiger partial charge on any atom is 0.234 e. The van der Waals surface area contributed by atoms with Gasteiger partial charge in [0, 0.05) is 68.9 Å².